The number of aliphatic hydroxyl groups excluding tert-OH is 1. The molecule has 0 aromatic heterocycles. The van der Waals surface area contributed by atoms with Crippen LogP contribution in [0.1, 0.15) is 34.5 Å². The number of benzene rings is 3. The number of hydrogen-bond donors (Lipinski definition) is 4. The molecule has 0 heterocycles. The summed E-state index contributed by atoms with van der Waals surface area (Å²) in [6, 6.07) is 16.5. The quantitative estimate of drug-likeness (QED) is 0.360. The molecule has 0 aliphatic heterocycles. The van der Waals surface area contributed by atoms with Gasteiger partial charge in [-0.2, -0.15) is 0 Å². The highest BCUT2D eigenvalue weighted by Crippen LogP contribution is 2.26. The molecule has 3 aromatic carbocycles. The molecule has 0 aliphatic rings. The van der Waals surface area contributed by atoms with Crippen molar-refractivity contribution in [2.45, 2.75) is 35.3 Å². The molecule has 1 unspecified atom stereocenters. The van der Waals surface area contributed by atoms with Crippen LogP contribution in [0.15, 0.2) is 76.5 Å². The van der Waals surface area contributed by atoms with Gasteiger partial charge in [-0.15, -0.1) is 0 Å². The second-order valence-electron chi connectivity index (χ2n) is 7.72. The SMILES string of the molecule is CC(Cc1ccc(S(=O)(=O)c2ccc(O)c(C(=O)O)c2)cc1)NC[C@H](O)c1cccc(Cl)c1. The molecule has 2 atom stereocenters. The second-order valence-corrected chi connectivity index (χ2v) is 10.1. The molecule has 9 heteroatoms. The van der Waals surface area contributed by atoms with Crippen molar-refractivity contribution in [1.82, 2.24) is 5.32 Å². The minimum atomic E-state index is -3.95. The maximum Gasteiger partial charge on any atom is 0.339 e. The molecule has 3 aromatic rings. The fraction of sp³-hybridized carbons (Fsp3) is 0.208. The Bertz CT molecular complexity index is 1240. The predicted octanol–water partition coefficient (Wildman–Crippen LogP) is 3.83. The van der Waals surface area contributed by atoms with Gasteiger partial charge in [-0.1, -0.05) is 35.9 Å². The molecule has 174 valence electrons. The summed E-state index contributed by atoms with van der Waals surface area (Å²) in [5.41, 5.74) is 1.13. The summed E-state index contributed by atoms with van der Waals surface area (Å²) in [4.78, 5) is 11.0. The summed E-state index contributed by atoms with van der Waals surface area (Å²) < 4.78 is 25.7. The molecule has 33 heavy (non-hydrogen) atoms. The monoisotopic (exact) mass is 489 g/mol. The van der Waals surface area contributed by atoms with Gasteiger partial charge in [0.25, 0.3) is 0 Å². The summed E-state index contributed by atoms with van der Waals surface area (Å²) in [7, 11) is -3.95. The highest BCUT2D eigenvalue weighted by atomic mass is 35.5. The van der Waals surface area contributed by atoms with Gasteiger partial charge in [-0.25, -0.2) is 13.2 Å². The van der Waals surface area contributed by atoms with Crippen LogP contribution >= 0.6 is 11.6 Å². The molecule has 0 aliphatic carbocycles. The number of aromatic carboxylic acids is 1. The van der Waals surface area contributed by atoms with E-state index in [0.717, 1.165) is 23.3 Å². The first-order valence-electron chi connectivity index (χ1n) is 10.1. The first-order valence-corrected chi connectivity index (χ1v) is 12.0. The standard InChI is InChI=1S/C24H24ClNO6S/c1-15(26-14-23(28)17-3-2-4-18(25)12-17)11-16-5-7-19(8-6-16)33(31,32)20-9-10-22(27)21(13-20)24(29)30/h2-10,12-13,15,23,26-28H,11,14H2,1H3,(H,29,30)/t15?,23-/m0/s1. The van der Waals surface area contributed by atoms with Gasteiger partial charge >= 0.3 is 5.97 Å². The fourth-order valence-electron chi connectivity index (χ4n) is 3.36. The van der Waals surface area contributed by atoms with Crippen LogP contribution in [-0.2, 0) is 16.3 Å². The van der Waals surface area contributed by atoms with E-state index >= 15 is 0 Å². The van der Waals surface area contributed by atoms with Crippen molar-refractivity contribution in [3.8, 4) is 5.75 Å². The van der Waals surface area contributed by atoms with E-state index in [1.807, 2.05) is 6.92 Å². The van der Waals surface area contributed by atoms with E-state index in [1.54, 1.807) is 36.4 Å². The third-order valence-corrected chi connectivity index (χ3v) is 7.18. The number of phenols is 1. The molecule has 0 saturated carbocycles. The van der Waals surface area contributed by atoms with Crippen LogP contribution in [0, 0.1) is 0 Å². The summed E-state index contributed by atoms with van der Waals surface area (Å²) in [6.45, 7) is 2.29. The van der Waals surface area contributed by atoms with Crippen LogP contribution in [-0.4, -0.2) is 42.3 Å². The van der Waals surface area contributed by atoms with Gasteiger partial charge in [0.2, 0.25) is 9.84 Å². The van der Waals surface area contributed by atoms with Crippen LogP contribution in [0.3, 0.4) is 0 Å². The lowest BCUT2D eigenvalue weighted by Gasteiger charge is -2.18. The third-order valence-electron chi connectivity index (χ3n) is 5.18. The number of nitrogens with one attached hydrogen (secondary N) is 1. The van der Waals surface area contributed by atoms with E-state index in [4.69, 9.17) is 16.7 Å². The van der Waals surface area contributed by atoms with Gasteiger partial charge in [0.15, 0.2) is 0 Å². The van der Waals surface area contributed by atoms with Gasteiger partial charge in [0.1, 0.15) is 11.3 Å². The van der Waals surface area contributed by atoms with Crippen molar-refractivity contribution < 1.29 is 28.5 Å². The maximum atomic E-state index is 12.9. The largest absolute Gasteiger partial charge is 0.507 e. The van der Waals surface area contributed by atoms with Gasteiger partial charge in [-0.05, 0) is 66.9 Å². The van der Waals surface area contributed by atoms with E-state index < -0.39 is 33.2 Å². The van der Waals surface area contributed by atoms with E-state index in [1.165, 1.54) is 18.2 Å². The zero-order valence-electron chi connectivity index (χ0n) is 17.8. The zero-order valence-corrected chi connectivity index (χ0v) is 19.3. The molecule has 0 spiro atoms. The molecular weight excluding hydrogens is 466 g/mol. The van der Waals surface area contributed by atoms with Crippen molar-refractivity contribution in [3.63, 3.8) is 0 Å². The topological polar surface area (TPSA) is 124 Å². The molecular formula is C24H24ClNO6S. The highest BCUT2D eigenvalue weighted by Gasteiger charge is 2.21. The molecule has 3 rings (SSSR count). The van der Waals surface area contributed by atoms with Crippen molar-refractivity contribution in [2.75, 3.05) is 6.54 Å². The Morgan fingerprint density at radius 3 is 2.33 bits per heavy atom. The first-order chi connectivity index (χ1) is 15.6. The van der Waals surface area contributed by atoms with Gasteiger partial charge < -0.3 is 20.6 Å². The molecule has 0 saturated heterocycles. The Labute approximate surface area is 197 Å². The molecule has 0 bridgehead atoms. The number of sulfone groups is 1. The Morgan fingerprint density at radius 1 is 1.03 bits per heavy atom. The Balaban J connectivity index is 1.65. The lowest BCUT2D eigenvalue weighted by Crippen LogP contribution is -2.32. The van der Waals surface area contributed by atoms with Crippen LogP contribution < -0.4 is 5.32 Å². The minimum absolute atomic E-state index is 0.0107. The number of rotatable bonds is 9. The second kappa shape index (κ2) is 10.4. The van der Waals surface area contributed by atoms with Crippen molar-refractivity contribution in [2.24, 2.45) is 0 Å². The minimum Gasteiger partial charge on any atom is -0.507 e. The molecule has 0 amide bonds. The predicted molar refractivity (Wildman–Crippen MR) is 125 cm³/mol. The number of carboxylic acids is 1. The number of halogens is 1. The smallest absolute Gasteiger partial charge is 0.339 e. The normalized spacial score (nSPS) is 13.4. The summed E-state index contributed by atoms with van der Waals surface area (Å²) in [5, 5.41) is 32.9. The fourth-order valence-corrected chi connectivity index (χ4v) is 4.85. The van der Waals surface area contributed by atoms with E-state index in [-0.39, 0.29) is 15.8 Å². The molecule has 4 N–H and O–H groups in total. The van der Waals surface area contributed by atoms with Gasteiger partial charge in [0.05, 0.1) is 15.9 Å². The van der Waals surface area contributed by atoms with E-state index in [9.17, 15) is 23.4 Å². The number of hydrogen-bond acceptors (Lipinski definition) is 6. The number of aromatic hydroxyl groups is 1. The van der Waals surface area contributed by atoms with Crippen LogP contribution in [0.4, 0.5) is 0 Å². The Hall–Kier alpha value is -2.91. The van der Waals surface area contributed by atoms with Crippen LogP contribution in [0.2, 0.25) is 5.02 Å². The van der Waals surface area contributed by atoms with Crippen LogP contribution in [0.5, 0.6) is 5.75 Å². The summed E-state index contributed by atoms with van der Waals surface area (Å²) >= 11 is 5.96. The first kappa shape index (κ1) is 24.7. The van der Waals surface area contributed by atoms with Crippen molar-refractivity contribution >= 4 is 27.4 Å². The van der Waals surface area contributed by atoms with Crippen molar-refractivity contribution in [3.05, 3.63) is 88.4 Å². The van der Waals surface area contributed by atoms with Gasteiger partial charge in [-0.3, -0.25) is 0 Å². The maximum absolute atomic E-state index is 12.9. The number of carbonyl (C=O) groups is 1. The van der Waals surface area contributed by atoms with Crippen molar-refractivity contribution in [1.29, 1.82) is 0 Å². The zero-order chi connectivity index (χ0) is 24.2. The Morgan fingerprint density at radius 2 is 1.70 bits per heavy atom. The molecule has 7 nitrogen and oxygen atoms in total. The number of carboxylic acid groups (broad SMARTS) is 1. The summed E-state index contributed by atoms with van der Waals surface area (Å²) in [5.74, 6) is -1.92. The average molecular weight is 490 g/mol. The van der Waals surface area contributed by atoms with Crippen LogP contribution in [0.25, 0.3) is 0 Å². The number of aliphatic hydroxyl groups is 1. The Kier molecular flexibility index (Phi) is 7.76. The molecule has 0 fully saturated rings. The lowest BCUT2D eigenvalue weighted by atomic mass is 10.1. The lowest BCUT2D eigenvalue weighted by molar-refractivity contribution is 0.0693. The summed E-state index contributed by atoms with van der Waals surface area (Å²) in [6.07, 6.45) is -0.106. The van der Waals surface area contributed by atoms with E-state index in [2.05, 4.69) is 5.32 Å². The third kappa shape index (κ3) is 6.11. The van der Waals surface area contributed by atoms with Gasteiger partial charge in [0, 0.05) is 17.6 Å². The van der Waals surface area contributed by atoms with E-state index in [0.29, 0.717) is 18.0 Å². The average Bonchev–Trinajstić information content (AvgIpc) is 2.77. The molecule has 0 radical (unpaired) electrons. The highest BCUT2D eigenvalue weighted by molar-refractivity contribution is 7.91.